The van der Waals surface area contributed by atoms with Crippen molar-refractivity contribution in [3.8, 4) is 10.7 Å². The van der Waals surface area contributed by atoms with Gasteiger partial charge in [0.2, 0.25) is 11.1 Å². The van der Waals surface area contributed by atoms with E-state index in [1.54, 1.807) is 11.3 Å². The molecule has 0 unspecified atom stereocenters. The fraction of sp³-hybridized carbons (Fsp3) is 0.417. The molecule has 1 atom stereocenters. The van der Waals surface area contributed by atoms with Crippen molar-refractivity contribution in [1.29, 1.82) is 0 Å². The second kappa shape index (κ2) is 6.76. The summed E-state index contributed by atoms with van der Waals surface area (Å²) >= 11 is 2.83. The highest BCUT2D eigenvalue weighted by molar-refractivity contribution is 7.99. The number of carbonyl (C=O) groups is 1. The number of rotatable bonds is 6. The number of nitrogens with two attached hydrogens (primary N) is 1. The lowest BCUT2D eigenvalue weighted by Gasteiger charge is -2.10. The van der Waals surface area contributed by atoms with Crippen LogP contribution in [0.15, 0.2) is 22.7 Å². The minimum atomic E-state index is -0.0231. The molecule has 2 aromatic rings. The van der Waals surface area contributed by atoms with Gasteiger partial charge in [0, 0.05) is 6.04 Å². The zero-order valence-corrected chi connectivity index (χ0v) is 13.0. The Morgan fingerprint density at radius 1 is 1.60 bits per heavy atom. The minimum Gasteiger partial charge on any atom is -0.353 e. The molecule has 0 spiro atoms. The van der Waals surface area contributed by atoms with Crippen molar-refractivity contribution < 1.29 is 4.79 Å². The summed E-state index contributed by atoms with van der Waals surface area (Å²) in [6.07, 6.45) is 0.909. The molecule has 0 fully saturated rings. The molecule has 3 N–H and O–H groups in total. The van der Waals surface area contributed by atoms with Crippen LogP contribution in [0.4, 0.5) is 0 Å². The van der Waals surface area contributed by atoms with Gasteiger partial charge in [0.05, 0.1) is 10.6 Å². The average Bonchev–Trinajstić information content (AvgIpc) is 3.06. The van der Waals surface area contributed by atoms with Gasteiger partial charge in [0.25, 0.3) is 0 Å². The first-order chi connectivity index (χ1) is 9.61. The highest BCUT2D eigenvalue weighted by Gasteiger charge is 2.14. The quantitative estimate of drug-likeness (QED) is 0.627. The van der Waals surface area contributed by atoms with E-state index < -0.39 is 0 Å². The van der Waals surface area contributed by atoms with Crippen molar-refractivity contribution in [2.75, 3.05) is 11.6 Å². The second-order valence-corrected chi connectivity index (χ2v) is 6.21. The number of hydrogen-bond acceptors (Lipinski definition) is 6. The Hall–Kier alpha value is -1.54. The number of nitrogens with one attached hydrogen (secondary N) is 1. The summed E-state index contributed by atoms with van der Waals surface area (Å²) in [5, 5.41) is 13.5. The molecule has 0 aromatic carbocycles. The van der Waals surface area contributed by atoms with Crippen molar-refractivity contribution in [2.24, 2.45) is 0 Å². The van der Waals surface area contributed by atoms with Crippen LogP contribution in [-0.2, 0) is 4.79 Å². The van der Waals surface area contributed by atoms with Crippen molar-refractivity contribution >= 4 is 29.0 Å². The first kappa shape index (κ1) is 14.9. The summed E-state index contributed by atoms with van der Waals surface area (Å²) in [6.45, 7) is 4.00. The van der Waals surface area contributed by atoms with Gasteiger partial charge in [-0.15, -0.1) is 21.5 Å². The van der Waals surface area contributed by atoms with E-state index in [0.717, 1.165) is 11.3 Å². The summed E-state index contributed by atoms with van der Waals surface area (Å²) in [5.41, 5.74) is 0. The monoisotopic (exact) mass is 311 g/mol. The number of nitrogen functional groups attached to an aromatic ring is 1. The number of amides is 1. The normalized spacial score (nSPS) is 12.3. The number of nitrogens with zero attached hydrogens (tertiary/aromatic N) is 3. The summed E-state index contributed by atoms with van der Waals surface area (Å²) in [5.74, 6) is 6.83. The molecular formula is C12H17N5OS2. The molecule has 0 aliphatic heterocycles. The number of carbonyl (C=O) groups excluding carboxylic acids is 1. The summed E-state index contributed by atoms with van der Waals surface area (Å²) in [6, 6.07) is 4.05. The van der Waals surface area contributed by atoms with Crippen LogP contribution >= 0.6 is 23.1 Å². The number of aromatic nitrogens is 3. The molecule has 2 heterocycles. The molecule has 0 aliphatic carbocycles. The maximum absolute atomic E-state index is 11.7. The Kier molecular flexibility index (Phi) is 5.02. The Morgan fingerprint density at radius 3 is 3.05 bits per heavy atom. The summed E-state index contributed by atoms with van der Waals surface area (Å²) in [4.78, 5) is 12.7. The van der Waals surface area contributed by atoms with Gasteiger partial charge in [-0.1, -0.05) is 24.8 Å². The maximum atomic E-state index is 11.7. The Morgan fingerprint density at radius 2 is 2.40 bits per heavy atom. The van der Waals surface area contributed by atoms with Crippen molar-refractivity contribution in [2.45, 2.75) is 31.5 Å². The molecule has 20 heavy (non-hydrogen) atoms. The van der Waals surface area contributed by atoms with E-state index in [2.05, 4.69) is 15.5 Å². The third kappa shape index (κ3) is 3.51. The van der Waals surface area contributed by atoms with E-state index in [1.807, 2.05) is 31.4 Å². The standard InChI is InChI=1S/C12H17N5OS2/c1-3-8(2)14-10(18)7-20-12-16-15-11(17(12)13)9-5-4-6-19-9/h4-6,8H,3,7,13H2,1-2H3,(H,14,18)/t8-/m0/s1. The first-order valence-corrected chi connectivity index (χ1v) is 8.14. The summed E-state index contributed by atoms with van der Waals surface area (Å²) in [7, 11) is 0. The molecule has 2 aromatic heterocycles. The lowest BCUT2D eigenvalue weighted by atomic mass is 10.3. The molecular weight excluding hydrogens is 294 g/mol. The van der Waals surface area contributed by atoms with Gasteiger partial charge in [0.1, 0.15) is 0 Å². The Balaban J connectivity index is 1.96. The van der Waals surface area contributed by atoms with Crippen LogP contribution < -0.4 is 11.2 Å². The van der Waals surface area contributed by atoms with Crippen molar-refractivity contribution in [3.63, 3.8) is 0 Å². The van der Waals surface area contributed by atoms with E-state index >= 15 is 0 Å². The molecule has 108 valence electrons. The van der Waals surface area contributed by atoms with Gasteiger partial charge in [-0.3, -0.25) is 4.79 Å². The van der Waals surface area contributed by atoms with Crippen LogP contribution in [0, 0.1) is 0 Å². The Labute approximate surface area is 125 Å². The maximum Gasteiger partial charge on any atom is 0.230 e. The van der Waals surface area contributed by atoms with E-state index in [1.165, 1.54) is 16.4 Å². The van der Waals surface area contributed by atoms with Crippen LogP contribution in [0.2, 0.25) is 0 Å². The second-order valence-electron chi connectivity index (χ2n) is 4.32. The highest BCUT2D eigenvalue weighted by Crippen LogP contribution is 2.24. The minimum absolute atomic E-state index is 0.0231. The number of thiophene rings is 1. The van der Waals surface area contributed by atoms with E-state index in [4.69, 9.17) is 5.84 Å². The molecule has 0 saturated carbocycles. The van der Waals surface area contributed by atoms with Gasteiger partial charge >= 0.3 is 0 Å². The molecule has 1 amide bonds. The van der Waals surface area contributed by atoms with E-state index in [0.29, 0.717) is 11.0 Å². The van der Waals surface area contributed by atoms with E-state index in [9.17, 15) is 4.79 Å². The van der Waals surface area contributed by atoms with Crippen LogP contribution in [0.25, 0.3) is 10.7 Å². The molecule has 0 bridgehead atoms. The molecule has 0 saturated heterocycles. The van der Waals surface area contributed by atoms with Crippen molar-refractivity contribution in [1.82, 2.24) is 20.2 Å². The van der Waals surface area contributed by atoms with Crippen LogP contribution in [0.3, 0.4) is 0 Å². The molecule has 6 nitrogen and oxygen atoms in total. The zero-order valence-electron chi connectivity index (χ0n) is 11.4. The van der Waals surface area contributed by atoms with Gasteiger partial charge in [-0.25, -0.2) is 4.68 Å². The molecule has 2 rings (SSSR count). The van der Waals surface area contributed by atoms with Crippen LogP contribution in [0.5, 0.6) is 0 Å². The zero-order chi connectivity index (χ0) is 14.5. The van der Waals surface area contributed by atoms with Crippen LogP contribution in [0.1, 0.15) is 20.3 Å². The van der Waals surface area contributed by atoms with Gasteiger partial charge in [-0.2, -0.15) is 0 Å². The SMILES string of the molecule is CC[C@H](C)NC(=O)CSc1nnc(-c2cccs2)n1N. The summed E-state index contributed by atoms with van der Waals surface area (Å²) < 4.78 is 1.42. The van der Waals surface area contributed by atoms with Crippen LogP contribution in [-0.4, -0.2) is 32.6 Å². The fourth-order valence-electron chi connectivity index (χ4n) is 1.50. The lowest BCUT2D eigenvalue weighted by Crippen LogP contribution is -2.33. The largest absolute Gasteiger partial charge is 0.353 e. The smallest absolute Gasteiger partial charge is 0.230 e. The van der Waals surface area contributed by atoms with Gasteiger partial charge < -0.3 is 11.2 Å². The third-order valence-corrected chi connectivity index (χ3v) is 4.57. The average molecular weight is 311 g/mol. The fourth-order valence-corrected chi connectivity index (χ4v) is 2.87. The van der Waals surface area contributed by atoms with Gasteiger partial charge in [0.15, 0.2) is 5.82 Å². The number of thioether (sulfide) groups is 1. The first-order valence-electron chi connectivity index (χ1n) is 6.28. The highest BCUT2D eigenvalue weighted by atomic mass is 32.2. The van der Waals surface area contributed by atoms with Crippen molar-refractivity contribution in [3.05, 3.63) is 17.5 Å². The molecule has 8 heteroatoms. The predicted molar refractivity (Wildman–Crippen MR) is 82.1 cm³/mol. The van der Waals surface area contributed by atoms with E-state index in [-0.39, 0.29) is 17.7 Å². The Bertz CT molecular complexity index is 566. The topological polar surface area (TPSA) is 85.8 Å². The lowest BCUT2D eigenvalue weighted by molar-refractivity contribution is -0.119. The molecule has 0 radical (unpaired) electrons. The third-order valence-electron chi connectivity index (χ3n) is 2.76. The number of hydrogen-bond donors (Lipinski definition) is 2. The predicted octanol–water partition coefficient (Wildman–Crippen LogP) is 1.73. The molecule has 0 aliphatic rings. The van der Waals surface area contributed by atoms with Gasteiger partial charge in [-0.05, 0) is 24.8 Å².